The summed E-state index contributed by atoms with van der Waals surface area (Å²) in [5, 5.41) is 6.80. The van der Waals surface area contributed by atoms with Crippen molar-refractivity contribution in [3.8, 4) is 22.7 Å². The molecule has 1 N–H and O–H groups in total. The average molecular weight is 315 g/mol. The second-order valence-corrected chi connectivity index (χ2v) is 5.08. The molecule has 6 heteroatoms. The number of rotatable bonds is 4. The molecule has 116 valence electrons. The van der Waals surface area contributed by atoms with Gasteiger partial charge in [0, 0.05) is 23.0 Å². The molecular formula is C18H13N5O. The number of hydrogen-bond donors (Lipinski definition) is 1. The van der Waals surface area contributed by atoms with Crippen molar-refractivity contribution in [1.29, 1.82) is 0 Å². The minimum absolute atomic E-state index is 0.490. The van der Waals surface area contributed by atoms with Crippen LogP contribution in [-0.4, -0.2) is 20.1 Å². The minimum atomic E-state index is 0.490. The summed E-state index contributed by atoms with van der Waals surface area (Å²) in [6, 6.07) is 19.5. The maximum atomic E-state index is 5.04. The Bertz CT molecular complexity index is 921. The molecule has 0 radical (unpaired) electrons. The van der Waals surface area contributed by atoms with Gasteiger partial charge in [0.2, 0.25) is 5.95 Å². The zero-order valence-electron chi connectivity index (χ0n) is 12.6. The Morgan fingerprint density at radius 1 is 0.792 bits per heavy atom. The van der Waals surface area contributed by atoms with Gasteiger partial charge >= 0.3 is 0 Å². The lowest BCUT2D eigenvalue weighted by Gasteiger charge is -2.07. The van der Waals surface area contributed by atoms with E-state index in [2.05, 4.69) is 25.4 Å². The van der Waals surface area contributed by atoms with E-state index in [1.165, 1.54) is 6.33 Å². The van der Waals surface area contributed by atoms with E-state index in [4.69, 9.17) is 4.52 Å². The molecule has 0 amide bonds. The third-order valence-electron chi connectivity index (χ3n) is 3.47. The summed E-state index contributed by atoms with van der Waals surface area (Å²) in [6.07, 6.45) is 3.12. The van der Waals surface area contributed by atoms with Crippen molar-refractivity contribution in [2.24, 2.45) is 0 Å². The summed E-state index contributed by atoms with van der Waals surface area (Å²) in [6.45, 7) is 0. The number of aromatic nitrogens is 4. The van der Waals surface area contributed by atoms with Crippen LogP contribution < -0.4 is 5.32 Å². The van der Waals surface area contributed by atoms with Crippen molar-refractivity contribution in [2.45, 2.75) is 0 Å². The Kier molecular flexibility index (Phi) is 3.69. The van der Waals surface area contributed by atoms with Crippen LogP contribution in [0, 0.1) is 0 Å². The summed E-state index contributed by atoms with van der Waals surface area (Å²) < 4.78 is 5.04. The van der Waals surface area contributed by atoms with Gasteiger partial charge in [0.25, 0.3) is 5.89 Å². The molecule has 6 nitrogen and oxygen atoms in total. The Labute approximate surface area is 138 Å². The van der Waals surface area contributed by atoms with E-state index in [1.54, 1.807) is 6.20 Å². The molecule has 4 rings (SSSR count). The van der Waals surface area contributed by atoms with Gasteiger partial charge < -0.3 is 9.84 Å². The number of hydrogen-bond acceptors (Lipinski definition) is 6. The van der Waals surface area contributed by atoms with Gasteiger partial charge in [-0.15, -0.1) is 0 Å². The van der Waals surface area contributed by atoms with Gasteiger partial charge in [0.15, 0.2) is 6.33 Å². The molecule has 4 aromatic rings. The van der Waals surface area contributed by atoms with Crippen molar-refractivity contribution in [3.05, 3.63) is 73.2 Å². The summed E-state index contributed by atoms with van der Waals surface area (Å²) in [7, 11) is 0. The van der Waals surface area contributed by atoms with Crippen LogP contribution in [-0.2, 0) is 0 Å². The van der Waals surface area contributed by atoms with E-state index in [1.807, 2.05) is 60.7 Å². The van der Waals surface area contributed by atoms with E-state index in [9.17, 15) is 0 Å². The van der Waals surface area contributed by atoms with Gasteiger partial charge in [-0.3, -0.25) is 0 Å². The zero-order chi connectivity index (χ0) is 16.2. The van der Waals surface area contributed by atoms with Gasteiger partial charge in [0.1, 0.15) is 0 Å². The highest BCUT2D eigenvalue weighted by Gasteiger charge is 2.05. The van der Waals surface area contributed by atoms with E-state index >= 15 is 0 Å². The van der Waals surface area contributed by atoms with Crippen LogP contribution in [0.15, 0.2) is 77.7 Å². The van der Waals surface area contributed by atoms with E-state index in [0.29, 0.717) is 11.8 Å². The Hall–Kier alpha value is -3.54. The monoisotopic (exact) mass is 315 g/mol. The van der Waals surface area contributed by atoms with Crippen LogP contribution in [0.4, 0.5) is 11.6 Å². The number of nitrogens with zero attached hydrogens (tertiary/aromatic N) is 4. The van der Waals surface area contributed by atoms with Crippen LogP contribution in [0.1, 0.15) is 0 Å². The van der Waals surface area contributed by atoms with Crippen LogP contribution >= 0.6 is 0 Å². The molecule has 0 aliphatic rings. The maximum Gasteiger partial charge on any atom is 0.257 e. The molecule has 0 spiro atoms. The second kappa shape index (κ2) is 6.29. The van der Waals surface area contributed by atoms with Crippen molar-refractivity contribution < 1.29 is 4.52 Å². The first-order chi connectivity index (χ1) is 11.9. The van der Waals surface area contributed by atoms with Gasteiger partial charge in [-0.1, -0.05) is 35.5 Å². The molecule has 2 aromatic carbocycles. The first-order valence-corrected chi connectivity index (χ1v) is 7.41. The molecule has 0 saturated heterocycles. The number of benzene rings is 2. The van der Waals surface area contributed by atoms with Crippen LogP contribution in [0.2, 0.25) is 0 Å². The van der Waals surface area contributed by atoms with Crippen LogP contribution in [0.25, 0.3) is 22.7 Å². The molecule has 0 unspecified atom stereocenters. The van der Waals surface area contributed by atoms with E-state index in [0.717, 1.165) is 22.5 Å². The molecule has 0 aliphatic heterocycles. The van der Waals surface area contributed by atoms with Gasteiger partial charge in [-0.05, 0) is 30.3 Å². The molecule has 2 aromatic heterocycles. The minimum Gasteiger partial charge on any atom is -0.334 e. The number of anilines is 2. The summed E-state index contributed by atoms with van der Waals surface area (Å²) >= 11 is 0. The Balaban J connectivity index is 1.55. The van der Waals surface area contributed by atoms with Crippen molar-refractivity contribution in [2.75, 3.05) is 5.32 Å². The lowest BCUT2D eigenvalue weighted by Crippen LogP contribution is -1.97. The first-order valence-electron chi connectivity index (χ1n) is 7.41. The maximum absolute atomic E-state index is 5.04. The third kappa shape index (κ3) is 2.98. The molecule has 0 bridgehead atoms. The molecule has 0 atom stereocenters. The Morgan fingerprint density at radius 2 is 1.62 bits per heavy atom. The molecule has 0 fully saturated rings. The lowest BCUT2D eigenvalue weighted by atomic mass is 10.1. The van der Waals surface area contributed by atoms with Gasteiger partial charge in [-0.25, -0.2) is 9.97 Å². The lowest BCUT2D eigenvalue weighted by molar-refractivity contribution is 0.430. The standard InChI is InChI=1S/C18H13N5O/c1-2-4-13(5-3-1)16-10-11-19-18(23-16)22-15-8-6-14(7-9-15)17-20-12-21-24-17/h1-12H,(H,19,22,23). The van der Waals surface area contributed by atoms with Gasteiger partial charge in [0.05, 0.1) is 5.69 Å². The highest BCUT2D eigenvalue weighted by atomic mass is 16.5. The highest BCUT2D eigenvalue weighted by molar-refractivity contribution is 5.64. The summed E-state index contributed by atoms with van der Waals surface area (Å²) in [5.41, 5.74) is 3.66. The predicted molar refractivity (Wildman–Crippen MR) is 90.5 cm³/mol. The fourth-order valence-corrected chi connectivity index (χ4v) is 2.31. The highest BCUT2D eigenvalue weighted by Crippen LogP contribution is 2.22. The fraction of sp³-hybridized carbons (Fsp3) is 0. The van der Waals surface area contributed by atoms with Crippen molar-refractivity contribution >= 4 is 11.6 Å². The topological polar surface area (TPSA) is 76.7 Å². The molecule has 2 heterocycles. The van der Waals surface area contributed by atoms with Crippen molar-refractivity contribution in [3.63, 3.8) is 0 Å². The quantitative estimate of drug-likeness (QED) is 0.614. The van der Waals surface area contributed by atoms with Gasteiger partial charge in [-0.2, -0.15) is 4.98 Å². The van der Waals surface area contributed by atoms with Crippen LogP contribution in [0.5, 0.6) is 0 Å². The van der Waals surface area contributed by atoms with Crippen LogP contribution in [0.3, 0.4) is 0 Å². The SMILES string of the molecule is c1ccc(-c2ccnc(Nc3ccc(-c4ncno4)cc3)n2)cc1. The average Bonchev–Trinajstić information content (AvgIpc) is 3.18. The number of nitrogens with one attached hydrogen (secondary N) is 1. The summed E-state index contributed by atoms with van der Waals surface area (Å²) in [4.78, 5) is 12.8. The summed E-state index contributed by atoms with van der Waals surface area (Å²) in [5.74, 6) is 1.03. The van der Waals surface area contributed by atoms with Crippen molar-refractivity contribution in [1.82, 2.24) is 20.1 Å². The largest absolute Gasteiger partial charge is 0.334 e. The van der Waals surface area contributed by atoms with E-state index < -0.39 is 0 Å². The zero-order valence-corrected chi connectivity index (χ0v) is 12.6. The molecular weight excluding hydrogens is 302 g/mol. The third-order valence-corrected chi connectivity index (χ3v) is 3.47. The molecule has 0 saturated carbocycles. The predicted octanol–water partition coefficient (Wildman–Crippen LogP) is 3.94. The first kappa shape index (κ1) is 14.1. The smallest absolute Gasteiger partial charge is 0.257 e. The van der Waals surface area contributed by atoms with E-state index in [-0.39, 0.29) is 0 Å². The fourth-order valence-electron chi connectivity index (χ4n) is 2.31. The Morgan fingerprint density at radius 3 is 2.38 bits per heavy atom. The normalized spacial score (nSPS) is 10.5. The molecule has 0 aliphatic carbocycles. The molecule has 24 heavy (non-hydrogen) atoms. The second-order valence-electron chi connectivity index (χ2n) is 5.08.